The normalized spacial score (nSPS) is 11.2. The molecule has 3 aromatic heterocycles. The molecule has 0 fully saturated rings. The predicted molar refractivity (Wildman–Crippen MR) is 126 cm³/mol. The minimum atomic E-state index is -0.287. The standard InChI is InChI=1S/C24H19ClN4O2S/c1-15-21(22(25)29(28-15)14-16-7-3-2-4-8-16)23(30)26-13-17-11-12-19(31-17)24-27-18-9-5-6-10-20(18)32-24/h2-12H,13-14H2,1H3,(H,26,30). The maximum Gasteiger partial charge on any atom is 0.256 e. The van der Waals surface area contributed by atoms with Gasteiger partial charge >= 0.3 is 0 Å². The minimum absolute atomic E-state index is 0.239. The molecule has 5 rings (SSSR count). The van der Waals surface area contributed by atoms with Gasteiger partial charge < -0.3 is 9.73 Å². The lowest BCUT2D eigenvalue weighted by atomic mass is 10.2. The van der Waals surface area contributed by atoms with Gasteiger partial charge in [-0.25, -0.2) is 9.67 Å². The van der Waals surface area contributed by atoms with Crippen molar-refractivity contribution >= 4 is 39.1 Å². The zero-order valence-corrected chi connectivity index (χ0v) is 18.8. The van der Waals surface area contributed by atoms with Crippen molar-refractivity contribution in [3.05, 3.63) is 94.5 Å². The van der Waals surface area contributed by atoms with E-state index in [9.17, 15) is 4.79 Å². The Labute approximate surface area is 193 Å². The average molecular weight is 463 g/mol. The summed E-state index contributed by atoms with van der Waals surface area (Å²) in [6.45, 7) is 2.52. The molecular formula is C24H19ClN4O2S. The summed E-state index contributed by atoms with van der Waals surface area (Å²) in [5, 5.41) is 8.45. The van der Waals surface area contributed by atoms with Crippen LogP contribution >= 0.6 is 22.9 Å². The minimum Gasteiger partial charge on any atom is -0.457 e. The summed E-state index contributed by atoms with van der Waals surface area (Å²) in [5.74, 6) is 1.03. The highest BCUT2D eigenvalue weighted by atomic mass is 35.5. The van der Waals surface area contributed by atoms with Crippen molar-refractivity contribution in [2.24, 2.45) is 0 Å². The second kappa shape index (κ2) is 8.61. The summed E-state index contributed by atoms with van der Waals surface area (Å²) in [7, 11) is 0. The molecule has 0 bridgehead atoms. The number of furan rings is 1. The van der Waals surface area contributed by atoms with E-state index in [2.05, 4.69) is 15.4 Å². The Hall–Kier alpha value is -3.42. The van der Waals surface area contributed by atoms with Crippen LogP contribution in [0.2, 0.25) is 5.15 Å². The average Bonchev–Trinajstić information content (AvgIpc) is 3.50. The second-order valence-corrected chi connectivity index (χ2v) is 8.72. The highest BCUT2D eigenvalue weighted by Crippen LogP contribution is 2.31. The lowest BCUT2D eigenvalue weighted by molar-refractivity contribution is 0.0947. The van der Waals surface area contributed by atoms with Gasteiger partial charge in [0.1, 0.15) is 10.9 Å². The number of aryl methyl sites for hydroxylation is 1. The van der Waals surface area contributed by atoms with Crippen LogP contribution in [0, 0.1) is 6.92 Å². The number of nitrogens with one attached hydrogen (secondary N) is 1. The van der Waals surface area contributed by atoms with Gasteiger partial charge in [-0.15, -0.1) is 11.3 Å². The van der Waals surface area contributed by atoms with Crippen LogP contribution in [-0.4, -0.2) is 20.7 Å². The molecular weight excluding hydrogens is 444 g/mol. The molecule has 0 saturated carbocycles. The number of aromatic nitrogens is 3. The lowest BCUT2D eigenvalue weighted by Gasteiger charge is -2.05. The number of thiazole rings is 1. The van der Waals surface area contributed by atoms with E-state index in [1.807, 2.05) is 66.7 Å². The van der Waals surface area contributed by atoms with E-state index in [1.54, 1.807) is 22.9 Å². The monoisotopic (exact) mass is 462 g/mol. The van der Waals surface area contributed by atoms with Gasteiger partial charge in [0.05, 0.1) is 34.6 Å². The third-order valence-corrected chi connectivity index (χ3v) is 6.49. The molecule has 5 aromatic rings. The maximum absolute atomic E-state index is 12.8. The fourth-order valence-electron chi connectivity index (χ4n) is 3.49. The van der Waals surface area contributed by atoms with E-state index in [0.29, 0.717) is 34.5 Å². The molecule has 160 valence electrons. The van der Waals surface area contributed by atoms with Crippen molar-refractivity contribution in [2.45, 2.75) is 20.0 Å². The fraction of sp³-hybridized carbons (Fsp3) is 0.125. The van der Waals surface area contributed by atoms with Crippen LogP contribution in [0.1, 0.15) is 27.4 Å². The number of benzene rings is 2. The van der Waals surface area contributed by atoms with Crippen LogP contribution in [0.25, 0.3) is 21.0 Å². The molecule has 0 aliphatic carbocycles. The molecule has 8 heteroatoms. The fourth-order valence-corrected chi connectivity index (χ4v) is 4.74. The van der Waals surface area contributed by atoms with Gasteiger partial charge in [0.15, 0.2) is 10.8 Å². The van der Waals surface area contributed by atoms with E-state index in [1.165, 1.54) is 0 Å². The molecule has 0 aliphatic rings. The number of halogens is 1. The first-order valence-electron chi connectivity index (χ1n) is 10.1. The van der Waals surface area contributed by atoms with Crippen molar-refractivity contribution in [3.8, 4) is 10.8 Å². The number of fused-ring (bicyclic) bond motifs is 1. The Morgan fingerprint density at radius 3 is 2.69 bits per heavy atom. The van der Waals surface area contributed by atoms with Crippen molar-refractivity contribution in [1.82, 2.24) is 20.1 Å². The molecule has 2 aromatic carbocycles. The summed E-state index contributed by atoms with van der Waals surface area (Å²) in [6.07, 6.45) is 0. The van der Waals surface area contributed by atoms with Gasteiger partial charge in [-0.1, -0.05) is 54.1 Å². The van der Waals surface area contributed by atoms with Crippen LogP contribution in [0.3, 0.4) is 0 Å². The van der Waals surface area contributed by atoms with Crippen LogP contribution in [-0.2, 0) is 13.1 Å². The quantitative estimate of drug-likeness (QED) is 0.351. The number of carbonyl (C=O) groups excluding carboxylic acids is 1. The van der Waals surface area contributed by atoms with E-state index < -0.39 is 0 Å². The molecule has 0 unspecified atom stereocenters. The van der Waals surface area contributed by atoms with Crippen LogP contribution < -0.4 is 5.32 Å². The van der Waals surface area contributed by atoms with Gasteiger partial charge in [-0.3, -0.25) is 4.79 Å². The number of carbonyl (C=O) groups is 1. The van der Waals surface area contributed by atoms with Crippen LogP contribution in [0.4, 0.5) is 0 Å². The Morgan fingerprint density at radius 1 is 1.09 bits per heavy atom. The Kier molecular flexibility index (Phi) is 5.51. The zero-order chi connectivity index (χ0) is 22.1. The number of para-hydroxylation sites is 1. The number of hydrogen-bond acceptors (Lipinski definition) is 5. The Balaban J connectivity index is 1.28. The van der Waals surface area contributed by atoms with E-state index in [4.69, 9.17) is 16.0 Å². The number of hydrogen-bond donors (Lipinski definition) is 1. The third kappa shape index (κ3) is 4.04. The summed E-state index contributed by atoms with van der Waals surface area (Å²) in [5.41, 5.74) is 2.96. The highest BCUT2D eigenvalue weighted by molar-refractivity contribution is 7.21. The smallest absolute Gasteiger partial charge is 0.256 e. The first-order valence-corrected chi connectivity index (χ1v) is 11.3. The molecule has 0 saturated heterocycles. The highest BCUT2D eigenvalue weighted by Gasteiger charge is 2.21. The lowest BCUT2D eigenvalue weighted by Crippen LogP contribution is -2.23. The van der Waals surface area contributed by atoms with E-state index >= 15 is 0 Å². The van der Waals surface area contributed by atoms with Crippen LogP contribution in [0.5, 0.6) is 0 Å². The topological polar surface area (TPSA) is 73.0 Å². The number of nitrogens with zero attached hydrogens (tertiary/aromatic N) is 3. The van der Waals surface area contributed by atoms with E-state index in [0.717, 1.165) is 20.8 Å². The maximum atomic E-state index is 12.8. The van der Waals surface area contributed by atoms with Gasteiger partial charge in [0, 0.05) is 0 Å². The molecule has 0 spiro atoms. The first kappa shape index (κ1) is 20.5. The zero-order valence-electron chi connectivity index (χ0n) is 17.2. The molecule has 0 atom stereocenters. The van der Waals surface area contributed by atoms with E-state index in [-0.39, 0.29) is 12.5 Å². The molecule has 3 heterocycles. The van der Waals surface area contributed by atoms with Gasteiger partial charge in [0.25, 0.3) is 5.91 Å². The van der Waals surface area contributed by atoms with Crippen molar-refractivity contribution < 1.29 is 9.21 Å². The SMILES string of the molecule is Cc1nn(Cc2ccccc2)c(Cl)c1C(=O)NCc1ccc(-c2nc3ccccc3s2)o1. The molecule has 1 N–H and O–H groups in total. The van der Waals surface area contributed by atoms with Crippen molar-refractivity contribution in [3.63, 3.8) is 0 Å². The molecule has 32 heavy (non-hydrogen) atoms. The molecule has 0 aliphatic heterocycles. The van der Waals surface area contributed by atoms with Gasteiger partial charge in [0.2, 0.25) is 0 Å². The Morgan fingerprint density at radius 2 is 1.88 bits per heavy atom. The molecule has 1 amide bonds. The van der Waals surface area contributed by atoms with Gasteiger partial charge in [-0.05, 0) is 36.8 Å². The Bertz CT molecular complexity index is 1370. The van der Waals surface area contributed by atoms with Crippen LogP contribution in [0.15, 0.2) is 71.1 Å². The summed E-state index contributed by atoms with van der Waals surface area (Å²) in [6, 6.07) is 21.5. The summed E-state index contributed by atoms with van der Waals surface area (Å²) < 4.78 is 8.65. The van der Waals surface area contributed by atoms with Crippen molar-refractivity contribution in [1.29, 1.82) is 0 Å². The molecule has 0 radical (unpaired) electrons. The molecule has 6 nitrogen and oxygen atoms in total. The number of rotatable bonds is 6. The second-order valence-electron chi connectivity index (χ2n) is 7.33. The van der Waals surface area contributed by atoms with Gasteiger partial charge in [-0.2, -0.15) is 5.10 Å². The largest absolute Gasteiger partial charge is 0.457 e. The number of amides is 1. The summed E-state index contributed by atoms with van der Waals surface area (Å²) >= 11 is 8.06. The summed E-state index contributed by atoms with van der Waals surface area (Å²) in [4.78, 5) is 17.4. The van der Waals surface area contributed by atoms with Crippen molar-refractivity contribution in [2.75, 3.05) is 0 Å². The third-order valence-electron chi connectivity index (χ3n) is 5.06. The first-order chi connectivity index (χ1) is 15.6. The predicted octanol–water partition coefficient (Wildman–Crippen LogP) is 5.69.